The highest BCUT2D eigenvalue weighted by Gasteiger charge is 2.03. The number of nitrogens with two attached hydrogens (primary N) is 1. The molecule has 1 atom stereocenters. The van der Waals surface area contributed by atoms with Gasteiger partial charge in [0, 0.05) is 10.9 Å². The average molecular weight is 251 g/mol. The van der Waals surface area contributed by atoms with Crippen LogP contribution in [-0.2, 0) is 6.42 Å². The maximum Gasteiger partial charge on any atom is 0.00747 e. The smallest absolute Gasteiger partial charge is 0.00747 e. The van der Waals surface area contributed by atoms with Gasteiger partial charge >= 0.3 is 0 Å². The highest BCUT2D eigenvalue weighted by molar-refractivity contribution is 7.99. The van der Waals surface area contributed by atoms with Crippen molar-refractivity contribution in [3.05, 3.63) is 29.3 Å². The lowest BCUT2D eigenvalue weighted by Gasteiger charge is -2.11. The monoisotopic (exact) mass is 251 g/mol. The molecular weight excluding hydrogens is 226 g/mol. The fourth-order valence-corrected chi connectivity index (χ4v) is 3.00. The maximum absolute atomic E-state index is 5.84. The molecule has 0 bridgehead atoms. The van der Waals surface area contributed by atoms with E-state index in [2.05, 4.69) is 45.9 Å². The lowest BCUT2D eigenvalue weighted by atomic mass is 10.0. The summed E-state index contributed by atoms with van der Waals surface area (Å²) in [5, 5.41) is 0. The van der Waals surface area contributed by atoms with Crippen LogP contribution in [-0.4, -0.2) is 11.8 Å². The number of hydrogen-bond donors (Lipinski definition) is 1. The number of thioether (sulfide) groups is 1. The van der Waals surface area contributed by atoms with E-state index in [1.807, 2.05) is 11.8 Å². The zero-order valence-electron chi connectivity index (χ0n) is 11.5. The molecule has 0 aliphatic heterocycles. The fraction of sp³-hybridized carbons (Fsp3) is 0.600. The highest BCUT2D eigenvalue weighted by Crippen LogP contribution is 2.23. The summed E-state index contributed by atoms with van der Waals surface area (Å²) in [4.78, 5) is 1.39. The van der Waals surface area contributed by atoms with Gasteiger partial charge in [-0.05, 0) is 61.6 Å². The first-order valence-corrected chi connectivity index (χ1v) is 7.45. The molecule has 2 N–H and O–H groups in total. The van der Waals surface area contributed by atoms with Gasteiger partial charge in [0.25, 0.3) is 0 Å². The van der Waals surface area contributed by atoms with E-state index in [9.17, 15) is 0 Å². The lowest BCUT2D eigenvalue weighted by molar-refractivity contribution is 0.632. The Morgan fingerprint density at radius 2 is 1.94 bits per heavy atom. The number of hydrogen-bond acceptors (Lipinski definition) is 2. The molecule has 0 amide bonds. The Labute approximate surface area is 110 Å². The molecular formula is C15H25NS. The van der Waals surface area contributed by atoms with Crippen molar-refractivity contribution in [3.8, 4) is 0 Å². The van der Waals surface area contributed by atoms with E-state index in [1.54, 1.807) is 0 Å². The highest BCUT2D eigenvalue weighted by atomic mass is 32.2. The average Bonchev–Trinajstić information content (AvgIpc) is 2.21. The van der Waals surface area contributed by atoms with Gasteiger partial charge in [-0.2, -0.15) is 0 Å². The third-order valence-electron chi connectivity index (χ3n) is 2.82. The Morgan fingerprint density at radius 3 is 2.47 bits per heavy atom. The van der Waals surface area contributed by atoms with Crippen molar-refractivity contribution in [2.75, 3.05) is 5.75 Å². The van der Waals surface area contributed by atoms with Crippen LogP contribution in [0, 0.1) is 12.8 Å². The molecule has 0 saturated heterocycles. The molecule has 0 aliphatic carbocycles. The van der Waals surface area contributed by atoms with E-state index in [0.717, 1.165) is 12.3 Å². The number of rotatable bonds is 6. The van der Waals surface area contributed by atoms with Crippen LogP contribution in [0.3, 0.4) is 0 Å². The Morgan fingerprint density at radius 1 is 1.24 bits per heavy atom. The number of aryl methyl sites for hydroxylation is 1. The quantitative estimate of drug-likeness (QED) is 0.773. The molecule has 1 rings (SSSR count). The van der Waals surface area contributed by atoms with Crippen LogP contribution in [0.5, 0.6) is 0 Å². The molecule has 0 fully saturated rings. The van der Waals surface area contributed by atoms with Crippen LogP contribution < -0.4 is 5.73 Å². The van der Waals surface area contributed by atoms with E-state index in [1.165, 1.54) is 28.2 Å². The summed E-state index contributed by atoms with van der Waals surface area (Å²) in [7, 11) is 0. The molecule has 1 aromatic rings. The first kappa shape index (κ1) is 14.6. The van der Waals surface area contributed by atoms with Gasteiger partial charge < -0.3 is 5.73 Å². The summed E-state index contributed by atoms with van der Waals surface area (Å²) in [6.45, 7) is 8.80. The molecule has 0 saturated carbocycles. The lowest BCUT2D eigenvalue weighted by Crippen LogP contribution is -2.18. The van der Waals surface area contributed by atoms with Crippen molar-refractivity contribution in [2.24, 2.45) is 11.7 Å². The molecule has 2 heteroatoms. The van der Waals surface area contributed by atoms with Gasteiger partial charge in [-0.1, -0.05) is 19.9 Å². The van der Waals surface area contributed by atoms with E-state index >= 15 is 0 Å². The van der Waals surface area contributed by atoms with Crippen LogP contribution in [0.25, 0.3) is 0 Å². The normalized spacial score (nSPS) is 13.1. The predicted octanol–water partition coefficient (Wildman–Crippen LogP) is 4.02. The third-order valence-corrected chi connectivity index (χ3v) is 3.85. The summed E-state index contributed by atoms with van der Waals surface area (Å²) < 4.78 is 0. The minimum absolute atomic E-state index is 0.244. The van der Waals surface area contributed by atoms with E-state index < -0.39 is 0 Å². The molecule has 0 aliphatic rings. The van der Waals surface area contributed by atoms with Crippen molar-refractivity contribution in [2.45, 2.75) is 51.5 Å². The maximum atomic E-state index is 5.84. The first-order chi connectivity index (χ1) is 7.99. The fourth-order valence-electron chi connectivity index (χ4n) is 1.75. The molecule has 0 radical (unpaired) electrons. The van der Waals surface area contributed by atoms with Crippen LogP contribution in [0.2, 0.25) is 0 Å². The third kappa shape index (κ3) is 5.60. The van der Waals surface area contributed by atoms with E-state index in [-0.39, 0.29) is 6.04 Å². The largest absolute Gasteiger partial charge is 0.328 e. The van der Waals surface area contributed by atoms with Gasteiger partial charge in [-0.3, -0.25) is 0 Å². The van der Waals surface area contributed by atoms with E-state index in [0.29, 0.717) is 0 Å². The van der Waals surface area contributed by atoms with Crippen molar-refractivity contribution in [3.63, 3.8) is 0 Å². The second-order valence-electron chi connectivity index (χ2n) is 5.30. The van der Waals surface area contributed by atoms with Crippen molar-refractivity contribution in [1.29, 1.82) is 0 Å². The summed E-state index contributed by atoms with van der Waals surface area (Å²) in [6.07, 6.45) is 2.26. The Kier molecular flexibility index (Phi) is 6.07. The predicted molar refractivity (Wildman–Crippen MR) is 78.7 cm³/mol. The van der Waals surface area contributed by atoms with Crippen LogP contribution in [0.15, 0.2) is 23.1 Å². The van der Waals surface area contributed by atoms with Crippen molar-refractivity contribution in [1.82, 2.24) is 0 Å². The number of benzene rings is 1. The van der Waals surface area contributed by atoms with Gasteiger partial charge in [0.2, 0.25) is 0 Å². The second kappa shape index (κ2) is 7.07. The second-order valence-corrected chi connectivity index (χ2v) is 6.47. The SMILES string of the molecule is Cc1cc(SCCC(C)C)ccc1CC(C)N. The molecule has 17 heavy (non-hydrogen) atoms. The summed E-state index contributed by atoms with van der Waals surface area (Å²) in [5.41, 5.74) is 8.59. The topological polar surface area (TPSA) is 26.0 Å². The van der Waals surface area contributed by atoms with Gasteiger partial charge in [0.15, 0.2) is 0 Å². The minimum Gasteiger partial charge on any atom is -0.328 e. The summed E-state index contributed by atoms with van der Waals surface area (Å²) >= 11 is 1.96. The van der Waals surface area contributed by atoms with Gasteiger partial charge in [0.05, 0.1) is 0 Å². The Hall–Kier alpha value is -0.470. The van der Waals surface area contributed by atoms with E-state index in [4.69, 9.17) is 5.73 Å². The Balaban J connectivity index is 2.56. The van der Waals surface area contributed by atoms with Gasteiger partial charge in [0.1, 0.15) is 0 Å². The van der Waals surface area contributed by atoms with Crippen LogP contribution >= 0.6 is 11.8 Å². The molecule has 1 aromatic carbocycles. The standard InChI is InChI=1S/C15H25NS/c1-11(2)7-8-17-15-6-5-14(10-13(4)16)12(3)9-15/h5-6,9,11,13H,7-8,10,16H2,1-4H3. The summed E-state index contributed by atoms with van der Waals surface area (Å²) in [5.74, 6) is 2.00. The van der Waals surface area contributed by atoms with Crippen molar-refractivity contribution >= 4 is 11.8 Å². The molecule has 0 spiro atoms. The van der Waals surface area contributed by atoms with Gasteiger partial charge in [-0.25, -0.2) is 0 Å². The molecule has 1 unspecified atom stereocenters. The first-order valence-electron chi connectivity index (χ1n) is 6.47. The van der Waals surface area contributed by atoms with Gasteiger partial charge in [-0.15, -0.1) is 11.8 Å². The minimum atomic E-state index is 0.244. The zero-order chi connectivity index (χ0) is 12.8. The van der Waals surface area contributed by atoms with Crippen LogP contribution in [0.1, 0.15) is 38.3 Å². The van der Waals surface area contributed by atoms with Crippen molar-refractivity contribution < 1.29 is 0 Å². The van der Waals surface area contributed by atoms with Crippen LogP contribution in [0.4, 0.5) is 0 Å². The molecule has 0 aromatic heterocycles. The zero-order valence-corrected chi connectivity index (χ0v) is 12.3. The Bertz CT molecular complexity index is 345. The summed E-state index contributed by atoms with van der Waals surface area (Å²) in [6, 6.07) is 7.00. The molecule has 0 heterocycles. The molecule has 1 nitrogen and oxygen atoms in total. The molecule has 96 valence electrons.